The van der Waals surface area contributed by atoms with Crippen LogP contribution in [0.3, 0.4) is 0 Å². The quantitative estimate of drug-likeness (QED) is 0.675. The van der Waals surface area contributed by atoms with Gasteiger partial charge >= 0.3 is 5.97 Å². The molecule has 0 radical (unpaired) electrons. The third-order valence-corrected chi connectivity index (χ3v) is 2.69. The van der Waals surface area contributed by atoms with Crippen LogP contribution in [0.2, 0.25) is 0 Å². The molecule has 0 unspecified atom stereocenters. The Morgan fingerprint density at radius 1 is 1.26 bits per heavy atom. The average molecular weight is 256 g/mol. The second-order valence-corrected chi connectivity index (χ2v) is 3.95. The number of aromatic nitrogens is 5. The molecule has 7 heteroatoms. The number of hydrogen-bond acceptors (Lipinski definition) is 4. The summed E-state index contributed by atoms with van der Waals surface area (Å²) in [6.45, 7) is -0.0602. The standard InChI is InChI=1S/C12H9N5O2/c18-11(19)7-16-5-2-9(3-6-16)10-1-4-13-12-14-8-15-17(10)12/h1-6,8H,7H2/p+1. The van der Waals surface area contributed by atoms with Gasteiger partial charge in [-0.1, -0.05) is 0 Å². The van der Waals surface area contributed by atoms with Gasteiger partial charge in [-0.3, -0.25) is 0 Å². The molecule has 0 fully saturated rings. The van der Waals surface area contributed by atoms with Crippen LogP contribution in [-0.4, -0.2) is 30.7 Å². The highest BCUT2D eigenvalue weighted by Crippen LogP contribution is 2.16. The zero-order chi connectivity index (χ0) is 13.2. The average Bonchev–Trinajstić information content (AvgIpc) is 2.87. The van der Waals surface area contributed by atoms with Crippen molar-refractivity contribution >= 4 is 11.7 Å². The van der Waals surface area contributed by atoms with Crippen molar-refractivity contribution < 1.29 is 14.5 Å². The van der Waals surface area contributed by atoms with Crippen molar-refractivity contribution in [1.29, 1.82) is 0 Å². The lowest BCUT2D eigenvalue weighted by atomic mass is 10.2. The van der Waals surface area contributed by atoms with E-state index in [1.807, 2.05) is 18.2 Å². The molecule has 0 spiro atoms. The van der Waals surface area contributed by atoms with Crippen LogP contribution in [0.1, 0.15) is 0 Å². The number of carbonyl (C=O) groups is 1. The van der Waals surface area contributed by atoms with Gasteiger partial charge in [0.25, 0.3) is 5.78 Å². The highest BCUT2D eigenvalue weighted by molar-refractivity contribution is 5.65. The molecule has 0 bridgehead atoms. The summed E-state index contributed by atoms with van der Waals surface area (Å²) in [4.78, 5) is 18.7. The Kier molecular flexibility index (Phi) is 2.64. The van der Waals surface area contributed by atoms with E-state index >= 15 is 0 Å². The predicted molar refractivity (Wildman–Crippen MR) is 64.0 cm³/mol. The smallest absolute Gasteiger partial charge is 0.370 e. The Labute approximate surface area is 107 Å². The fourth-order valence-corrected chi connectivity index (χ4v) is 1.85. The van der Waals surface area contributed by atoms with Gasteiger partial charge in [-0.15, -0.1) is 0 Å². The van der Waals surface area contributed by atoms with Crippen molar-refractivity contribution in [3.63, 3.8) is 0 Å². The topological polar surface area (TPSA) is 84.3 Å². The van der Waals surface area contributed by atoms with E-state index in [-0.39, 0.29) is 6.54 Å². The Morgan fingerprint density at radius 3 is 2.79 bits per heavy atom. The zero-order valence-electron chi connectivity index (χ0n) is 9.84. The van der Waals surface area contributed by atoms with Crippen LogP contribution in [0, 0.1) is 0 Å². The minimum Gasteiger partial charge on any atom is -0.477 e. The normalized spacial score (nSPS) is 10.7. The maximum atomic E-state index is 10.6. The van der Waals surface area contributed by atoms with E-state index in [2.05, 4.69) is 15.1 Å². The summed E-state index contributed by atoms with van der Waals surface area (Å²) in [5, 5.41) is 12.8. The Hall–Kier alpha value is -2.83. The lowest BCUT2D eigenvalue weighted by Crippen LogP contribution is -2.36. The van der Waals surface area contributed by atoms with E-state index in [9.17, 15) is 4.79 Å². The fraction of sp³-hybridized carbons (Fsp3) is 0.0833. The third-order valence-electron chi connectivity index (χ3n) is 2.69. The predicted octanol–water partition coefficient (Wildman–Crippen LogP) is 0.163. The van der Waals surface area contributed by atoms with Crippen LogP contribution in [0.5, 0.6) is 0 Å². The highest BCUT2D eigenvalue weighted by Gasteiger charge is 2.10. The van der Waals surface area contributed by atoms with Crippen LogP contribution < -0.4 is 4.57 Å². The summed E-state index contributed by atoms with van der Waals surface area (Å²) in [6.07, 6.45) is 6.54. The molecule has 3 aromatic rings. The first kappa shape index (κ1) is 11.3. The van der Waals surface area contributed by atoms with Gasteiger partial charge in [-0.25, -0.2) is 9.78 Å². The third kappa shape index (κ3) is 2.13. The zero-order valence-corrected chi connectivity index (χ0v) is 9.84. The molecule has 0 aromatic carbocycles. The summed E-state index contributed by atoms with van der Waals surface area (Å²) in [6, 6.07) is 5.50. The molecule has 94 valence electrons. The van der Waals surface area contributed by atoms with Gasteiger partial charge in [-0.2, -0.15) is 19.2 Å². The monoisotopic (exact) mass is 256 g/mol. The molecule has 0 aliphatic rings. The molecule has 0 saturated heterocycles. The van der Waals surface area contributed by atoms with Gasteiger partial charge in [0.2, 0.25) is 6.54 Å². The Balaban J connectivity index is 2.02. The van der Waals surface area contributed by atoms with Gasteiger partial charge in [-0.05, 0) is 6.07 Å². The van der Waals surface area contributed by atoms with Crippen LogP contribution in [0.4, 0.5) is 0 Å². The van der Waals surface area contributed by atoms with Crippen LogP contribution in [-0.2, 0) is 11.3 Å². The summed E-state index contributed by atoms with van der Waals surface area (Å²) < 4.78 is 3.22. The highest BCUT2D eigenvalue weighted by atomic mass is 16.4. The van der Waals surface area contributed by atoms with Crippen LogP contribution in [0.15, 0.2) is 43.1 Å². The molecule has 0 amide bonds. The second kappa shape index (κ2) is 4.45. The number of nitrogens with zero attached hydrogens (tertiary/aromatic N) is 5. The molecule has 7 nitrogen and oxygen atoms in total. The second-order valence-electron chi connectivity index (χ2n) is 3.95. The first-order valence-corrected chi connectivity index (χ1v) is 5.60. The van der Waals surface area contributed by atoms with Crippen molar-refractivity contribution in [2.45, 2.75) is 6.54 Å². The lowest BCUT2D eigenvalue weighted by molar-refractivity contribution is -0.685. The first-order chi connectivity index (χ1) is 9.24. The Bertz CT molecular complexity index is 735. The molecule has 0 aliphatic heterocycles. The number of hydrogen-bond donors (Lipinski definition) is 1. The lowest BCUT2D eigenvalue weighted by Gasteiger charge is -2.02. The van der Waals surface area contributed by atoms with Crippen molar-refractivity contribution in [3.8, 4) is 11.3 Å². The van der Waals surface area contributed by atoms with Crippen LogP contribution >= 0.6 is 0 Å². The van der Waals surface area contributed by atoms with Gasteiger partial charge in [0.05, 0.1) is 5.69 Å². The molecule has 0 saturated carbocycles. The summed E-state index contributed by atoms with van der Waals surface area (Å²) in [5.74, 6) is -0.347. The number of rotatable bonds is 3. The summed E-state index contributed by atoms with van der Waals surface area (Å²) in [5.41, 5.74) is 1.77. The van der Waals surface area contributed by atoms with E-state index in [0.29, 0.717) is 5.78 Å². The molecule has 0 atom stereocenters. The number of carboxylic acids is 1. The van der Waals surface area contributed by atoms with Crippen molar-refractivity contribution in [1.82, 2.24) is 19.6 Å². The molecule has 3 aromatic heterocycles. The SMILES string of the molecule is O=C(O)C[n+]1ccc(-c2ccnc3ncnn23)cc1. The number of pyridine rings is 1. The van der Waals surface area contributed by atoms with Gasteiger partial charge < -0.3 is 5.11 Å². The van der Waals surface area contributed by atoms with Crippen molar-refractivity contribution in [2.75, 3.05) is 0 Å². The van der Waals surface area contributed by atoms with E-state index in [1.165, 1.54) is 6.33 Å². The molecule has 0 aliphatic carbocycles. The summed E-state index contributed by atoms with van der Waals surface area (Å²) in [7, 11) is 0. The maximum Gasteiger partial charge on any atom is 0.370 e. The molecular weight excluding hydrogens is 246 g/mol. The molecule has 1 N–H and O–H groups in total. The van der Waals surface area contributed by atoms with Gasteiger partial charge in [0.15, 0.2) is 12.4 Å². The van der Waals surface area contributed by atoms with Gasteiger partial charge in [0.1, 0.15) is 6.33 Å². The van der Waals surface area contributed by atoms with E-state index < -0.39 is 5.97 Å². The molecule has 3 heterocycles. The van der Waals surface area contributed by atoms with E-state index in [0.717, 1.165) is 11.3 Å². The molecule has 3 rings (SSSR count). The minimum atomic E-state index is -0.875. The van der Waals surface area contributed by atoms with Crippen molar-refractivity contribution in [3.05, 3.63) is 43.1 Å². The number of carboxylic acid groups (broad SMARTS) is 1. The Morgan fingerprint density at radius 2 is 2.05 bits per heavy atom. The first-order valence-electron chi connectivity index (χ1n) is 5.60. The summed E-state index contributed by atoms with van der Waals surface area (Å²) >= 11 is 0. The number of aliphatic carboxylic acids is 1. The van der Waals surface area contributed by atoms with E-state index in [4.69, 9.17) is 5.11 Å². The maximum absolute atomic E-state index is 10.6. The van der Waals surface area contributed by atoms with Gasteiger partial charge in [0, 0.05) is 23.9 Å². The largest absolute Gasteiger partial charge is 0.477 e. The number of fused-ring (bicyclic) bond motifs is 1. The van der Waals surface area contributed by atoms with Crippen molar-refractivity contribution in [2.24, 2.45) is 0 Å². The van der Waals surface area contributed by atoms with E-state index in [1.54, 1.807) is 27.7 Å². The fourth-order valence-electron chi connectivity index (χ4n) is 1.85. The molecule has 19 heavy (non-hydrogen) atoms. The van der Waals surface area contributed by atoms with Crippen LogP contribution in [0.25, 0.3) is 17.0 Å². The molecular formula is C12H10N5O2+. The minimum absolute atomic E-state index is 0.0602.